The van der Waals surface area contributed by atoms with Crippen LogP contribution in [-0.2, 0) is 20.2 Å². The molecular weight excluding hydrogens is 566 g/mol. The summed E-state index contributed by atoms with van der Waals surface area (Å²) >= 11 is 0. The Hall–Kier alpha value is -3.25. The van der Waals surface area contributed by atoms with Crippen molar-refractivity contribution in [1.82, 2.24) is 4.90 Å². The highest BCUT2D eigenvalue weighted by atomic mass is 32.2. The normalized spacial score (nSPS) is 16.3. The van der Waals surface area contributed by atoms with E-state index in [9.17, 15) is 30.7 Å². The molecular formula is C30H33NO8S2. The van der Waals surface area contributed by atoms with E-state index >= 15 is 0 Å². The van der Waals surface area contributed by atoms with Gasteiger partial charge in [0.1, 0.15) is 15.5 Å². The third-order valence-corrected chi connectivity index (χ3v) is 9.56. The fourth-order valence-corrected chi connectivity index (χ4v) is 7.12. The van der Waals surface area contributed by atoms with Crippen molar-refractivity contribution in [2.75, 3.05) is 13.1 Å². The predicted octanol–water partition coefficient (Wildman–Crippen LogP) is 5.69. The van der Waals surface area contributed by atoms with Crippen LogP contribution in [0, 0.1) is 13.8 Å². The molecule has 1 saturated carbocycles. The molecule has 0 aromatic heterocycles. The first-order valence-electron chi connectivity index (χ1n) is 13.6. The third kappa shape index (κ3) is 6.18. The van der Waals surface area contributed by atoms with Crippen molar-refractivity contribution < 1.29 is 35.5 Å². The number of rotatable bonds is 7. The van der Waals surface area contributed by atoms with Crippen LogP contribution in [0.3, 0.4) is 0 Å². The zero-order valence-electron chi connectivity index (χ0n) is 23.0. The van der Waals surface area contributed by atoms with Gasteiger partial charge in [-0.2, -0.15) is 16.8 Å². The van der Waals surface area contributed by atoms with Gasteiger partial charge in [-0.1, -0.05) is 35.4 Å². The van der Waals surface area contributed by atoms with Crippen molar-refractivity contribution in [2.45, 2.75) is 68.3 Å². The van der Waals surface area contributed by atoms with E-state index in [4.69, 9.17) is 4.74 Å². The second kappa shape index (κ2) is 11.2. The minimum atomic E-state index is -4.71. The van der Waals surface area contributed by atoms with E-state index in [-0.39, 0.29) is 49.8 Å². The lowest BCUT2D eigenvalue weighted by atomic mass is 9.91. The van der Waals surface area contributed by atoms with Gasteiger partial charge in [-0.15, -0.1) is 0 Å². The second-order valence-corrected chi connectivity index (χ2v) is 13.6. The quantitative estimate of drug-likeness (QED) is 0.331. The van der Waals surface area contributed by atoms with Gasteiger partial charge in [-0.05, 0) is 82.2 Å². The summed E-state index contributed by atoms with van der Waals surface area (Å²) in [6.45, 7) is 4.60. The van der Waals surface area contributed by atoms with Crippen molar-refractivity contribution >= 4 is 26.1 Å². The van der Waals surface area contributed by atoms with Gasteiger partial charge < -0.3 is 9.64 Å². The zero-order chi connectivity index (χ0) is 29.5. The summed E-state index contributed by atoms with van der Waals surface area (Å²) in [4.78, 5) is 15.1. The molecule has 1 saturated heterocycles. The molecule has 2 aliphatic rings. The van der Waals surface area contributed by atoms with Crippen LogP contribution >= 0.6 is 0 Å². The smallest absolute Gasteiger partial charge is 0.295 e. The molecule has 0 radical (unpaired) electrons. The molecule has 41 heavy (non-hydrogen) atoms. The van der Waals surface area contributed by atoms with E-state index in [1.165, 1.54) is 18.2 Å². The van der Waals surface area contributed by atoms with E-state index in [1.807, 2.05) is 0 Å². The third-order valence-electron chi connectivity index (χ3n) is 7.73. The highest BCUT2D eigenvalue weighted by molar-refractivity contribution is 7.86. The van der Waals surface area contributed by atoms with Crippen molar-refractivity contribution in [3.8, 4) is 28.0 Å². The zero-order valence-corrected chi connectivity index (χ0v) is 24.6. The van der Waals surface area contributed by atoms with Gasteiger partial charge in [0.05, 0.1) is 11.7 Å². The molecule has 11 heteroatoms. The first kappa shape index (κ1) is 29.2. The molecule has 3 aromatic rings. The summed E-state index contributed by atoms with van der Waals surface area (Å²) in [6.07, 6.45) is 4.96. The number of aryl methyl sites for hydroxylation is 2. The van der Waals surface area contributed by atoms with Crippen LogP contribution in [0.4, 0.5) is 0 Å². The number of likely N-dealkylation sites (tertiary alicyclic amines) is 1. The molecule has 0 spiro atoms. The highest BCUT2D eigenvalue weighted by Crippen LogP contribution is 2.43. The second-order valence-electron chi connectivity index (χ2n) is 10.9. The summed E-state index contributed by atoms with van der Waals surface area (Å²) in [5.41, 5.74) is 2.32. The van der Waals surface area contributed by atoms with Gasteiger partial charge in [0.15, 0.2) is 0 Å². The minimum absolute atomic E-state index is 0.0919. The number of nitrogens with zero attached hydrogens (tertiary/aromatic N) is 1. The minimum Gasteiger partial charge on any atom is -0.490 e. The van der Waals surface area contributed by atoms with Crippen molar-refractivity contribution in [2.24, 2.45) is 0 Å². The largest absolute Gasteiger partial charge is 0.490 e. The molecule has 1 heterocycles. The Labute approximate surface area is 240 Å². The number of hydrogen-bond acceptors (Lipinski definition) is 6. The van der Waals surface area contributed by atoms with Gasteiger partial charge in [0.25, 0.3) is 26.1 Å². The molecule has 2 fully saturated rings. The molecule has 3 aromatic carbocycles. The first-order valence-corrected chi connectivity index (χ1v) is 16.5. The Morgan fingerprint density at radius 1 is 0.756 bits per heavy atom. The Bertz CT molecular complexity index is 1720. The maximum Gasteiger partial charge on any atom is 0.295 e. The lowest BCUT2D eigenvalue weighted by Crippen LogP contribution is -2.29. The van der Waals surface area contributed by atoms with Crippen LogP contribution in [0.25, 0.3) is 22.3 Å². The number of carbonyl (C=O) groups excluding carboxylic acids is 1. The lowest BCUT2D eigenvalue weighted by Gasteiger charge is -2.25. The molecule has 1 aliphatic heterocycles. The SMILES string of the molecule is Cc1ccc(S(=O)(=O)O)c(-c2cc(OC3CCCC3)c(C(=O)N3CCCC3)c(-c3cc(C)ccc3S(=O)(=O)O)c2)c1. The average Bonchev–Trinajstić information content (AvgIpc) is 3.61. The van der Waals surface area contributed by atoms with Crippen molar-refractivity contribution in [3.05, 3.63) is 65.2 Å². The van der Waals surface area contributed by atoms with Gasteiger partial charge in [-0.25, -0.2) is 0 Å². The standard InChI is InChI=1S/C30H33NO8S2/c1-19-9-11-27(40(33,34)35)23(15-19)21-17-25(24-16-20(2)10-12-28(24)41(36,37)38)29(30(32)31-13-5-6-14-31)26(18-21)39-22-7-3-4-8-22/h9-12,15-18,22H,3-8,13-14H2,1-2H3,(H,33,34,35)(H,36,37,38). The predicted molar refractivity (Wildman–Crippen MR) is 154 cm³/mol. The maximum atomic E-state index is 14.1. The van der Waals surface area contributed by atoms with Crippen LogP contribution in [0.2, 0.25) is 0 Å². The van der Waals surface area contributed by atoms with E-state index in [1.54, 1.807) is 49.1 Å². The Morgan fingerprint density at radius 2 is 1.29 bits per heavy atom. The molecule has 1 amide bonds. The summed E-state index contributed by atoms with van der Waals surface area (Å²) in [5.74, 6) is -0.133. The first-order chi connectivity index (χ1) is 19.3. The monoisotopic (exact) mass is 599 g/mol. The number of carbonyl (C=O) groups is 1. The highest BCUT2D eigenvalue weighted by Gasteiger charge is 2.31. The molecule has 218 valence electrons. The van der Waals surface area contributed by atoms with Gasteiger partial charge in [0, 0.05) is 29.8 Å². The van der Waals surface area contributed by atoms with Gasteiger partial charge >= 0.3 is 0 Å². The molecule has 0 bridgehead atoms. The van der Waals surface area contributed by atoms with Crippen LogP contribution < -0.4 is 4.74 Å². The van der Waals surface area contributed by atoms with Crippen LogP contribution in [0.5, 0.6) is 5.75 Å². The Kier molecular flexibility index (Phi) is 7.99. The molecule has 5 rings (SSSR count). The van der Waals surface area contributed by atoms with E-state index in [2.05, 4.69) is 0 Å². The Morgan fingerprint density at radius 3 is 1.85 bits per heavy atom. The van der Waals surface area contributed by atoms with Gasteiger partial charge in [-0.3, -0.25) is 13.9 Å². The number of benzene rings is 3. The molecule has 0 atom stereocenters. The van der Waals surface area contributed by atoms with Crippen LogP contribution in [0.1, 0.15) is 60.0 Å². The maximum absolute atomic E-state index is 14.1. The van der Waals surface area contributed by atoms with Gasteiger partial charge in [0.2, 0.25) is 0 Å². The summed E-state index contributed by atoms with van der Waals surface area (Å²) in [7, 11) is -9.35. The average molecular weight is 600 g/mol. The fraction of sp³-hybridized carbons (Fsp3) is 0.367. The van der Waals surface area contributed by atoms with Crippen molar-refractivity contribution in [1.29, 1.82) is 0 Å². The molecule has 2 N–H and O–H groups in total. The number of hydrogen-bond donors (Lipinski definition) is 2. The molecule has 1 aliphatic carbocycles. The fourth-order valence-electron chi connectivity index (χ4n) is 5.73. The van der Waals surface area contributed by atoms with E-state index in [0.717, 1.165) is 44.1 Å². The topological polar surface area (TPSA) is 138 Å². The number of amides is 1. The molecule has 9 nitrogen and oxygen atoms in total. The summed E-state index contributed by atoms with van der Waals surface area (Å²) in [6, 6.07) is 12.0. The summed E-state index contributed by atoms with van der Waals surface area (Å²) < 4.78 is 76.5. The van der Waals surface area contributed by atoms with Crippen LogP contribution in [-0.4, -0.2) is 55.9 Å². The van der Waals surface area contributed by atoms with Crippen molar-refractivity contribution in [3.63, 3.8) is 0 Å². The summed E-state index contributed by atoms with van der Waals surface area (Å²) in [5, 5.41) is 0. The van der Waals surface area contributed by atoms with E-state index in [0.29, 0.717) is 24.2 Å². The van der Waals surface area contributed by atoms with E-state index < -0.39 is 20.2 Å². The molecule has 0 unspecified atom stereocenters. The number of ether oxygens (including phenoxy) is 1. The van der Waals surface area contributed by atoms with Crippen LogP contribution in [0.15, 0.2) is 58.3 Å². The Balaban J connectivity index is 1.88. The lowest BCUT2D eigenvalue weighted by molar-refractivity contribution is 0.0786.